The molecule has 0 radical (unpaired) electrons. The van der Waals surface area contributed by atoms with Gasteiger partial charge in [0.05, 0.1) is 0 Å². The molecular formula is C10H10N2O6S. The van der Waals surface area contributed by atoms with Gasteiger partial charge in [-0.3, -0.25) is 0 Å². The topological polar surface area (TPSA) is 121 Å². The maximum Gasteiger partial charge on any atom is 0.364 e. The summed E-state index contributed by atoms with van der Waals surface area (Å²) in [6.07, 6.45) is 0. The lowest BCUT2D eigenvalue weighted by atomic mass is 10.2. The van der Waals surface area contributed by atoms with E-state index >= 15 is 0 Å². The molecule has 0 bridgehead atoms. The highest BCUT2D eigenvalue weighted by atomic mass is 32.2. The molecule has 0 heterocycles. The molecule has 8 nitrogen and oxygen atoms in total. The maximum absolute atomic E-state index is 11.1. The third kappa shape index (κ3) is 4.14. The minimum atomic E-state index is -1.57. The Morgan fingerprint density at radius 3 is 2.32 bits per heavy atom. The smallest absolute Gasteiger partial charge is 0.364 e. The molecule has 1 atom stereocenters. The van der Waals surface area contributed by atoms with Crippen LogP contribution in [0.25, 0.3) is 0 Å². The lowest BCUT2D eigenvalue weighted by Crippen LogP contribution is -2.47. The largest absolute Gasteiger partial charge is 0.480 e. The Labute approximate surface area is 111 Å². The van der Waals surface area contributed by atoms with Crippen molar-refractivity contribution in [3.63, 3.8) is 0 Å². The zero-order valence-electron chi connectivity index (χ0n) is 9.50. The van der Waals surface area contributed by atoms with Gasteiger partial charge < -0.3 is 10.2 Å². The van der Waals surface area contributed by atoms with Gasteiger partial charge in [0.1, 0.15) is 5.69 Å². The Hall–Kier alpha value is -2.29. The Morgan fingerprint density at radius 2 is 1.89 bits per heavy atom. The second-order valence-electron chi connectivity index (χ2n) is 3.35. The van der Waals surface area contributed by atoms with Crippen LogP contribution in [0.2, 0.25) is 0 Å². The predicted molar refractivity (Wildman–Crippen MR) is 67.8 cm³/mol. The van der Waals surface area contributed by atoms with Crippen molar-refractivity contribution >= 4 is 28.7 Å². The fraction of sp³-hybridized carbons (Fsp3) is 0.200. The van der Waals surface area contributed by atoms with E-state index in [4.69, 9.17) is 10.2 Å². The molecule has 0 spiro atoms. The molecule has 0 unspecified atom stereocenters. The van der Waals surface area contributed by atoms with Crippen molar-refractivity contribution in [2.75, 3.05) is 10.8 Å². The van der Waals surface area contributed by atoms with Crippen molar-refractivity contribution < 1.29 is 24.8 Å². The zero-order chi connectivity index (χ0) is 14.4. The monoisotopic (exact) mass is 286 g/mol. The number of anilines is 1. The number of nitro groups is 1. The Kier molecular flexibility index (Phi) is 5.12. The zero-order valence-corrected chi connectivity index (χ0v) is 10.3. The van der Waals surface area contributed by atoms with Crippen molar-refractivity contribution in [3.05, 3.63) is 40.4 Å². The number of hydrogen-bond donors (Lipinski definition) is 2. The minimum absolute atomic E-state index is 0.0749. The van der Waals surface area contributed by atoms with Crippen LogP contribution < -0.4 is 5.01 Å². The Balaban J connectivity index is 3.03. The number of hydrogen-bond acceptors (Lipinski definition) is 5. The average Bonchev–Trinajstić information content (AvgIpc) is 2.34. The summed E-state index contributed by atoms with van der Waals surface area (Å²) in [6.45, 7) is 0. The summed E-state index contributed by atoms with van der Waals surface area (Å²) in [7, 11) is 0. The van der Waals surface area contributed by atoms with Crippen molar-refractivity contribution in [2.45, 2.75) is 6.04 Å². The third-order valence-electron chi connectivity index (χ3n) is 2.14. The van der Waals surface area contributed by atoms with E-state index in [9.17, 15) is 19.7 Å². The molecule has 0 aliphatic rings. The number of aliphatic carboxylic acids is 1. The van der Waals surface area contributed by atoms with Crippen molar-refractivity contribution in [2.24, 2.45) is 0 Å². The number of carbonyl (C=O) groups is 2. The van der Waals surface area contributed by atoms with Crippen molar-refractivity contribution in [1.29, 1.82) is 0 Å². The molecule has 1 aromatic carbocycles. The number of carboxylic acids is 1. The van der Waals surface area contributed by atoms with E-state index in [0.717, 1.165) is 0 Å². The van der Waals surface area contributed by atoms with Gasteiger partial charge in [-0.1, -0.05) is 23.2 Å². The molecule has 0 amide bonds. The number of rotatable bonds is 6. The van der Waals surface area contributed by atoms with Crippen LogP contribution in [-0.2, 0) is 4.79 Å². The van der Waals surface area contributed by atoms with E-state index in [1.54, 1.807) is 6.07 Å². The standard InChI is InChI=1S/C10H10N2O6S/c13-9(14)8(6-19-10(15)16)11(12(17)18)7-4-2-1-3-5-7/h1-5,8H,6H2,(H,13,14)(H,15,16)/t8-/m0/s1. The third-order valence-corrected chi connectivity index (χ3v) is 2.87. The van der Waals surface area contributed by atoms with E-state index in [1.807, 2.05) is 0 Å². The van der Waals surface area contributed by atoms with Crippen LogP contribution in [0.5, 0.6) is 0 Å². The lowest BCUT2D eigenvalue weighted by molar-refractivity contribution is -0.497. The van der Waals surface area contributed by atoms with Gasteiger partial charge in [0.25, 0.3) is 0 Å². The van der Waals surface area contributed by atoms with E-state index in [1.165, 1.54) is 24.3 Å². The van der Waals surface area contributed by atoms with Gasteiger partial charge in [-0.05, 0) is 23.9 Å². The van der Waals surface area contributed by atoms with Crippen LogP contribution in [0.1, 0.15) is 0 Å². The van der Waals surface area contributed by atoms with Crippen molar-refractivity contribution in [3.8, 4) is 0 Å². The number of benzene rings is 1. The molecule has 0 saturated carbocycles. The van der Waals surface area contributed by atoms with Gasteiger partial charge in [-0.2, -0.15) is 0 Å². The fourth-order valence-corrected chi connectivity index (χ4v) is 1.95. The highest BCUT2D eigenvalue weighted by Gasteiger charge is 2.35. The summed E-state index contributed by atoms with van der Waals surface area (Å²) in [5.74, 6) is -1.91. The molecule has 0 fully saturated rings. The quantitative estimate of drug-likeness (QED) is 0.596. The first kappa shape index (κ1) is 14.8. The number of hydrazine groups is 1. The van der Waals surface area contributed by atoms with Gasteiger partial charge in [-0.15, -0.1) is 0 Å². The summed E-state index contributed by atoms with van der Waals surface area (Å²) < 4.78 is 0. The molecular weight excluding hydrogens is 276 g/mol. The van der Waals surface area contributed by atoms with E-state index in [0.29, 0.717) is 16.8 Å². The summed E-state index contributed by atoms with van der Waals surface area (Å²) in [5, 5.41) is 26.8. The molecule has 0 aliphatic heterocycles. The second-order valence-corrected chi connectivity index (χ2v) is 4.32. The van der Waals surface area contributed by atoms with Gasteiger partial charge >= 0.3 is 11.3 Å². The highest BCUT2D eigenvalue weighted by molar-refractivity contribution is 8.13. The van der Waals surface area contributed by atoms with E-state index < -0.39 is 28.1 Å². The first-order valence-corrected chi connectivity index (χ1v) is 5.99. The molecule has 1 rings (SSSR count). The fourth-order valence-electron chi connectivity index (χ4n) is 1.37. The summed E-state index contributed by atoms with van der Waals surface area (Å²) in [6, 6.07) is 5.86. The van der Waals surface area contributed by atoms with Crippen LogP contribution in [-0.4, -0.2) is 38.3 Å². The van der Waals surface area contributed by atoms with Crippen LogP contribution in [0, 0.1) is 10.1 Å². The summed E-state index contributed by atoms with van der Waals surface area (Å²) in [4.78, 5) is 32.5. The SMILES string of the molecule is O=C(O)SC[C@@H](C(=O)O)N(c1ccccc1)[N+](=O)[O-]. The number of carboxylic acid groups (broad SMARTS) is 2. The molecule has 0 aromatic heterocycles. The molecule has 102 valence electrons. The Bertz CT molecular complexity index is 480. The second kappa shape index (κ2) is 6.59. The summed E-state index contributed by atoms with van der Waals surface area (Å²) in [5.41, 5.74) is 0.0749. The molecule has 2 N–H and O–H groups in total. The summed E-state index contributed by atoms with van der Waals surface area (Å²) >= 11 is 0.298. The normalized spacial score (nSPS) is 11.6. The van der Waals surface area contributed by atoms with Gasteiger partial charge in [-0.25, -0.2) is 19.7 Å². The molecule has 9 heteroatoms. The highest BCUT2D eigenvalue weighted by Crippen LogP contribution is 2.19. The molecule has 0 saturated heterocycles. The van der Waals surface area contributed by atoms with E-state index in [2.05, 4.69) is 0 Å². The molecule has 19 heavy (non-hydrogen) atoms. The lowest BCUT2D eigenvalue weighted by Gasteiger charge is -2.20. The average molecular weight is 286 g/mol. The van der Waals surface area contributed by atoms with Gasteiger partial charge in [0.15, 0.2) is 5.03 Å². The van der Waals surface area contributed by atoms with Crippen LogP contribution in [0.3, 0.4) is 0 Å². The van der Waals surface area contributed by atoms with Gasteiger partial charge in [0.2, 0.25) is 6.04 Å². The predicted octanol–water partition coefficient (Wildman–Crippen LogP) is 1.55. The number of thioether (sulfide) groups is 1. The Morgan fingerprint density at radius 1 is 1.32 bits per heavy atom. The number of nitrogens with zero attached hydrogens (tertiary/aromatic N) is 2. The molecule has 1 aromatic rings. The van der Waals surface area contributed by atoms with Crippen LogP contribution in [0.15, 0.2) is 30.3 Å². The van der Waals surface area contributed by atoms with Crippen LogP contribution >= 0.6 is 11.8 Å². The van der Waals surface area contributed by atoms with E-state index in [-0.39, 0.29) is 5.69 Å². The first-order valence-electron chi connectivity index (χ1n) is 5.00. The number of para-hydroxylation sites is 1. The van der Waals surface area contributed by atoms with Crippen molar-refractivity contribution in [1.82, 2.24) is 0 Å². The first-order chi connectivity index (χ1) is 8.93. The minimum Gasteiger partial charge on any atom is -0.480 e. The van der Waals surface area contributed by atoms with Gasteiger partial charge in [0, 0.05) is 5.75 Å². The molecule has 0 aliphatic carbocycles. The maximum atomic E-state index is 11.1. The van der Waals surface area contributed by atoms with Crippen LogP contribution in [0.4, 0.5) is 10.5 Å².